The van der Waals surface area contributed by atoms with Gasteiger partial charge in [-0.05, 0) is 41.3 Å². The zero-order chi connectivity index (χ0) is 31.4. The summed E-state index contributed by atoms with van der Waals surface area (Å²) in [6.07, 6.45) is 0.887. The van der Waals surface area contributed by atoms with Gasteiger partial charge in [-0.25, -0.2) is 13.1 Å². The zero-order valence-electron chi connectivity index (χ0n) is 25.1. The maximum absolute atomic E-state index is 14.0. The summed E-state index contributed by atoms with van der Waals surface area (Å²) in [5, 5.41) is 3.04. The van der Waals surface area contributed by atoms with Crippen molar-refractivity contribution in [1.29, 1.82) is 0 Å². The molecule has 0 unspecified atom stereocenters. The van der Waals surface area contributed by atoms with Gasteiger partial charge in [-0.1, -0.05) is 97.9 Å². The van der Waals surface area contributed by atoms with E-state index >= 15 is 0 Å². The van der Waals surface area contributed by atoms with Crippen LogP contribution in [-0.2, 0) is 45.5 Å². The summed E-state index contributed by atoms with van der Waals surface area (Å²) >= 11 is 0. The average molecular weight is 614 g/mol. The van der Waals surface area contributed by atoms with Crippen LogP contribution < -0.4 is 14.8 Å². The predicted molar refractivity (Wildman–Crippen MR) is 171 cm³/mol. The highest BCUT2D eigenvalue weighted by Crippen LogP contribution is 2.20. The first-order valence-corrected chi connectivity index (χ1v) is 16.1. The molecule has 1 atom stereocenters. The van der Waals surface area contributed by atoms with Crippen LogP contribution in [0.1, 0.15) is 35.6 Å². The molecule has 2 amide bonds. The van der Waals surface area contributed by atoms with E-state index in [1.165, 1.54) is 0 Å². The maximum atomic E-state index is 14.0. The molecule has 2 N–H and O–H groups in total. The first-order valence-electron chi connectivity index (χ1n) is 14.7. The molecule has 0 aliphatic carbocycles. The molecule has 0 saturated heterocycles. The lowest BCUT2D eigenvalue weighted by Gasteiger charge is -2.32. The molecule has 4 aromatic rings. The number of aryl methyl sites for hydroxylation is 1. The van der Waals surface area contributed by atoms with Gasteiger partial charge < -0.3 is 15.0 Å². The Morgan fingerprint density at radius 3 is 2.05 bits per heavy atom. The number of hydrogen-bond donors (Lipinski definition) is 2. The monoisotopic (exact) mass is 613 g/mol. The third-order valence-electron chi connectivity index (χ3n) is 7.31. The Labute approximate surface area is 260 Å². The Kier molecular flexibility index (Phi) is 11.7. The first-order chi connectivity index (χ1) is 21.3. The normalized spacial score (nSPS) is 11.9. The Morgan fingerprint density at radius 1 is 0.795 bits per heavy atom. The summed E-state index contributed by atoms with van der Waals surface area (Å²) < 4.78 is 32.6. The molecule has 4 aromatic carbocycles. The molecule has 0 saturated carbocycles. The Balaban J connectivity index is 1.58. The highest BCUT2D eigenvalue weighted by atomic mass is 32.2. The molecule has 0 aliphatic rings. The highest BCUT2D eigenvalue weighted by molar-refractivity contribution is 7.89. The van der Waals surface area contributed by atoms with Gasteiger partial charge in [0.15, 0.2) is 0 Å². The van der Waals surface area contributed by atoms with E-state index in [2.05, 4.69) is 10.0 Å². The Morgan fingerprint density at radius 2 is 1.41 bits per heavy atom. The SMILES string of the molecule is CCNS(=O)(=O)c1ccc(CCC(=O)N(Cc2ccccc2)[C@@H](Cc2ccccc2)C(=O)NCc2ccccc2OC)cc1. The fraction of sp³-hybridized carbons (Fsp3) is 0.257. The van der Waals surface area contributed by atoms with Gasteiger partial charge in [0.25, 0.3) is 0 Å². The standard InChI is InChI=1S/C35H39N3O5S/c1-3-37-44(41,42)31-21-18-27(19-22-31)20-23-34(39)38(26-29-14-8-5-9-15-29)32(24-28-12-6-4-7-13-28)35(40)36-25-30-16-10-11-17-33(30)43-2/h4-19,21-22,32,37H,3,20,23-26H2,1-2H3,(H,36,40)/t32-/m0/s1. The van der Waals surface area contributed by atoms with Crippen molar-refractivity contribution in [2.45, 2.75) is 50.2 Å². The van der Waals surface area contributed by atoms with Gasteiger partial charge in [0.05, 0.1) is 12.0 Å². The molecule has 44 heavy (non-hydrogen) atoms. The van der Waals surface area contributed by atoms with Gasteiger partial charge in [-0.3, -0.25) is 9.59 Å². The average Bonchev–Trinajstić information content (AvgIpc) is 3.05. The molecular formula is C35H39N3O5S. The van der Waals surface area contributed by atoms with Crippen LogP contribution in [-0.4, -0.2) is 44.8 Å². The lowest BCUT2D eigenvalue weighted by atomic mass is 10.0. The molecule has 0 heterocycles. The Bertz CT molecular complexity index is 1610. The van der Waals surface area contributed by atoms with Crippen LogP contribution in [0.15, 0.2) is 114 Å². The van der Waals surface area contributed by atoms with E-state index in [0.29, 0.717) is 25.1 Å². The minimum atomic E-state index is -3.56. The van der Waals surface area contributed by atoms with E-state index in [-0.39, 0.29) is 36.2 Å². The van der Waals surface area contributed by atoms with Crippen LogP contribution >= 0.6 is 0 Å². The summed E-state index contributed by atoms with van der Waals surface area (Å²) in [5.41, 5.74) is 3.51. The molecule has 9 heteroatoms. The summed E-state index contributed by atoms with van der Waals surface area (Å²) in [7, 11) is -1.97. The number of para-hydroxylation sites is 1. The van der Waals surface area contributed by atoms with Crippen molar-refractivity contribution >= 4 is 21.8 Å². The van der Waals surface area contributed by atoms with E-state index in [4.69, 9.17) is 4.74 Å². The van der Waals surface area contributed by atoms with E-state index in [9.17, 15) is 18.0 Å². The van der Waals surface area contributed by atoms with Gasteiger partial charge in [0.2, 0.25) is 21.8 Å². The minimum Gasteiger partial charge on any atom is -0.496 e. The van der Waals surface area contributed by atoms with E-state index in [1.54, 1.807) is 43.2 Å². The predicted octanol–water partition coefficient (Wildman–Crippen LogP) is 4.88. The molecule has 0 bridgehead atoms. The lowest BCUT2D eigenvalue weighted by Crippen LogP contribution is -2.50. The van der Waals surface area contributed by atoms with Crippen molar-refractivity contribution in [3.8, 4) is 5.75 Å². The van der Waals surface area contributed by atoms with E-state index in [0.717, 1.165) is 22.3 Å². The fourth-order valence-corrected chi connectivity index (χ4v) is 6.03. The number of carbonyl (C=O) groups excluding carboxylic acids is 2. The molecule has 0 fully saturated rings. The molecular weight excluding hydrogens is 574 g/mol. The van der Waals surface area contributed by atoms with Crippen molar-refractivity contribution in [3.63, 3.8) is 0 Å². The van der Waals surface area contributed by atoms with E-state index < -0.39 is 16.1 Å². The summed E-state index contributed by atoms with van der Waals surface area (Å²) in [5.74, 6) is 0.238. The smallest absolute Gasteiger partial charge is 0.243 e. The molecule has 4 rings (SSSR count). The molecule has 230 valence electrons. The van der Waals surface area contributed by atoms with Crippen LogP contribution in [0.5, 0.6) is 5.75 Å². The quantitative estimate of drug-likeness (QED) is 0.199. The Hall–Kier alpha value is -4.47. The van der Waals surface area contributed by atoms with Gasteiger partial charge in [-0.15, -0.1) is 0 Å². The van der Waals surface area contributed by atoms with Crippen LogP contribution in [0.25, 0.3) is 0 Å². The number of nitrogens with one attached hydrogen (secondary N) is 2. The lowest BCUT2D eigenvalue weighted by molar-refractivity contribution is -0.141. The van der Waals surface area contributed by atoms with Gasteiger partial charge in [-0.2, -0.15) is 0 Å². The zero-order valence-corrected chi connectivity index (χ0v) is 25.9. The second-order valence-corrected chi connectivity index (χ2v) is 12.2. The van der Waals surface area contributed by atoms with Crippen molar-refractivity contribution in [2.24, 2.45) is 0 Å². The largest absolute Gasteiger partial charge is 0.496 e. The van der Waals surface area contributed by atoms with E-state index in [1.807, 2.05) is 84.9 Å². The second-order valence-electron chi connectivity index (χ2n) is 10.4. The van der Waals surface area contributed by atoms with Crippen LogP contribution in [0, 0.1) is 0 Å². The first kappa shape index (κ1) is 32.4. The topological polar surface area (TPSA) is 105 Å². The number of nitrogens with zero attached hydrogens (tertiary/aromatic N) is 1. The molecule has 0 spiro atoms. The minimum absolute atomic E-state index is 0.150. The molecule has 0 aromatic heterocycles. The summed E-state index contributed by atoms with van der Waals surface area (Å²) in [4.78, 5) is 29.7. The van der Waals surface area contributed by atoms with Crippen molar-refractivity contribution < 1.29 is 22.7 Å². The van der Waals surface area contributed by atoms with Crippen molar-refractivity contribution in [3.05, 3.63) is 131 Å². The molecule has 0 aliphatic heterocycles. The van der Waals surface area contributed by atoms with Crippen LogP contribution in [0.2, 0.25) is 0 Å². The number of carbonyl (C=O) groups is 2. The number of hydrogen-bond acceptors (Lipinski definition) is 5. The fourth-order valence-electron chi connectivity index (χ4n) is 4.99. The number of amides is 2. The summed E-state index contributed by atoms with van der Waals surface area (Å²) in [6.45, 7) is 2.54. The third-order valence-corrected chi connectivity index (χ3v) is 8.87. The van der Waals surface area contributed by atoms with Crippen LogP contribution in [0.3, 0.4) is 0 Å². The van der Waals surface area contributed by atoms with Crippen molar-refractivity contribution in [2.75, 3.05) is 13.7 Å². The van der Waals surface area contributed by atoms with Gasteiger partial charge in [0, 0.05) is 38.0 Å². The maximum Gasteiger partial charge on any atom is 0.243 e. The number of benzene rings is 4. The number of rotatable bonds is 15. The van der Waals surface area contributed by atoms with Gasteiger partial charge >= 0.3 is 0 Å². The number of sulfonamides is 1. The molecule has 8 nitrogen and oxygen atoms in total. The van der Waals surface area contributed by atoms with Gasteiger partial charge in [0.1, 0.15) is 11.8 Å². The summed E-state index contributed by atoms with van der Waals surface area (Å²) in [6, 6.07) is 32.5. The van der Waals surface area contributed by atoms with Crippen LogP contribution in [0.4, 0.5) is 0 Å². The second kappa shape index (κ2) is 15.8. The third kappa shape index (κ3) is 9.02. The number of methoxy groups -OCH3 is 1. The highest BCUT2D eigenvalue weighted by Gasteiger charge is 2.30. The number of ether oxygens (including phenoxy) is 1. The molecule has 0 radical (unpaired) electrons. The van der Waals surface area contributed by atoms with Crippen molar-refractivity contribution in [1.82, 2.24) is 14.9 Å².